The van der Waals surface area contributed by atoms with Gasteiger partial charge < -0.3 is 0 Å². The Balaban J connectivity index is 2.03. The van der Waals surface area contributed by atoms with E-state index in [-0.39, 0.29) is 4.90 Å². The van der Waals surface area contributed by atoms with E-state index in [1.807, 2.05) is 25.1 Å². The van der Waals surface area contributed by atoms with Gasteiger partial charge in [-0.15, -0.1) is 0 Å². The molecular formula is C15H15BrClNO2S. The summed E-state index contributed by atoms with van der Waals surface area (Å²) in [5.74, 6) is 0. The normalized spacial score (nSPS) is 11.6. The van der Waals surface area contributed by atoms with Crippen LogP contribution in [0, 0.1) is 6.92 Å². The van der Waals surface area contributed by atoms with Crippen molar-refractivity contribution in [3.63, 3.8) is 0 Å². The third-order valence-electron chi connectivity index (χ3n) is 3.03. The maximum Gasteiger partial charge on any atom is 0.240 e. The zero-order valence-electron chi connectivity index (χ0n) is 11.4. The van der Waals surface area contributed by atoms with Crippen LogP contribution in [0.4, 0.5) is 0 Å². The number of halogens is 2. The number of sulfonamides is 1. The summed E-state index contributed by atoms with van der Waals surface area (Å²) in [7, 11) is -3.48. The highest BCUT2D eigenvalue weighted by atomic mass is 79.9. The molecule has 0 radical (unpaired) electrons. The van der Waals surface area contributed by atoms with E-state index >= 15 is 0 Å². The Bertz CT molecular complexity index is 747. The molecule has 0 amide bonds. The summed E-state index contributed by atoms with van der Waals surface area (Å²) in [5, 5.41) is 0.652. The van der Waals surface area contributed by atoms with Gasteiger partial charge in [-0.05, 0) is 54.8 Å². The van der Waals surface area contributed by atoms with Crippen molar-refractivity contribution in [3.05, 3.63) is 63.1 Å². The molecule has 0 aliphatic rings. The van der Waals surface area contributed by atoms with Gasteiger partial charge in [0.15, 0.2) is 0 Å². The van der Waals surface area contributed by atoms with Gasteiger partial charge in [0.25, 0.3) is 0 Å². The van der Waals surface area contributed by atoms with Crippen LogP contribution in [0.25, 0.3) is 0 Å². The summed E-state index contributed by atoms with van der Waals surface area (Å²) >= 11 is 9.26. The SMILES string of the molecule is Cc1cc(S(=O)(=O)NCCc2cccc(Cl)c2)ccc1Br. The fourth-order valence-electron chi connectivity index (χ4n) is 1.89. The fourth-order valence-corrected chi connectivity index (χ4v) is 3.47. The number of hydrogen-bond donors (Lipinski definition) is 1. The Morgan fingerprint density at radius 3 is 2.62 bits per heavy atom. The molecule has 0 heterocycles. The third kappa shape index (κ3) is 4.54. The Kier molecular flexibility index (Phi) is 5.43. The number of hydrogen-bond acceptors (Lipinski definition) is 2. The van der Waals surface area contributed by atoms with Crippen molar-refractivity contribution in [1.82, 2.24) is 4.72 Å². The van der Waals surface area contributed by atoms with Crippen molar-refractivity contribution < 1.29 is 8.42 Å². The molecule has 1 N–H and O–H groups in total. The minimum absolute atomic E-state index is 0.272. The quantitative estimate of drug-likeness (QED) is 0.843. The lowest BCUT2D eigenvalue weighted by atomic mass is 10.2. The van der Waals surface area contributed by atoms with E-state index < -0.39 is 10.0 Å². The van der Waals surface area contributed by atoms with E-state index in [2.05, 4.69) is 20.7 Å². The minimum Gasteiger partial charge on any atom is -0.211 e. The lowest BCUT2D eigenvalue weighted by molar-refractivity contribution is 0.581. The summed E-state index contributed by atoms with van der Waals surface area (Å²) in [6, 6.07) is 12.4. The molecule has 3 nitrogen and oxygen atoms in total. The van der Waals surface area contributed by atoms with Crippen molar-refractivity contribution in [1.29, 1.82) is 0 Å². The van der Waals surface area contributed by atoms with Crippen LogP contribution < -0.4 is 4.72 Å². The topological polar surface area (TPSA) is 46.2 Å². The first kappa shape index (κ1) is 16.5. The van der Waals surface area contributed by atoms with Gasteiger partial charge in [0.2, 0.25) is 10.0 Å². The van der Waals surface area contributed by atoms with Gasteiger partial charge in [0, 0.05) is 16.0 Å². The smallest absolute Gasteiger partial charge is 0.211 e. The Labute approximate surface area is 138 Å². The van der Waals surface area contributed by atoms with E-state index in [0.717, 1.165) is 15.6 Å². The van der Waals surface area contributed by atoms with Gasteiger partial charge in [-0.25, -0.2) is 13.1 Å². The summed E-state index contributed by atoms with van der Waals surface area (Å²) in [6.07, 6.45) is 0.593. The zero-order valence-corrected chi connectivity index (χ0v) is 14.6. The maximum atomic E-state index is 12.2. The predicted octanol–water partition coefficient (Wildman–Crippen LogP) is 3.93. The summed E-state index contributed by atoms with van der Waals surface area (Å²) < 4.78 is 27.9. The Morgan fingerprint density at radius 1 is 1.19 bits per heavy atom. The van der Waals surface area contributed by atoms with E-state index in [1.165, 1.54) is 0 Å². The van der Waals surface area contributed by atoms with Crippen LogP contribution in [0.2, 0.25) is 5.02 Å². The second-order valence-corrected chi connectivity index (χ2v) is 7.75. The van der Waals surface area contributed by atoms with Crippen molar-refractivity contribution in [2.75, 3.05) is 6.54 Å². The molecule has 2 aromatic rings. The minimum atomic E-state index is -3.48. The highest BCUT2D eigenvalue weighted by molar-refractivity contribution is 9.10. The average molecular weight is 389 g/mol. The maximum absolute atomic E-state index is 12.2. The van der Waals surface area contributed by atoms with E-state index in [4.69, 9.17) is 11.6 Å². The molecule has 0 aromatic heterocycles. The van der Waals surface area contributed by atoms with Gasteiger partial charge in [-0.3, -0.25) is 0 Å². The molecule has 0 aliphatic heterocycles. The van der Waals surface area contributed by atoms with Crippen molar-refractivity contribution in [2.24, 2.45) is 0 Å². The number of rotatable bonds is 5. The summed E-state index contributed by atoms with van der Waals surface area (Å²) in [5.41, 5.74) is 1.88. The van der Waals surface area contributed by atoms with Gasteiger partial charge >= 0.3 is 0 Å². The highest BCUT2D eigenvalue weighted by Crippen LogP contribution is 2.20. The van der Waals surface area contributed by atoms with Crippen LogP contribution in [0.1, 0.15) is 11.1 Å². The first-order valence-electron chi connectivity index (χ1n) is 6.39. The largest absolute Gasteiger partial charge is 0.240 e. The fraction of sp³-hybridized carbons (Fsp3) is 0.200. The lowest BCUT2D eigenvalue weighted by Gasteiger charge is -2.08. The molecule has 0 aliphatic carbocycles. The summed E-state index contributed by atoms with van der Waals surface area (Å²) in [4.78, 5) is 0.272. The Hall–Kier alpha value is -0.880. The molecule has 0 bridgehead atoms. The molecule has 0 saturated carbocycles. The standard InChI is InChI=1S/C15H15BrClNO2S/c1-11-9-14(5-6-15(11)16)21(19,20)18-8-7-12-3-2-4-13(17)10-12/h2-6,9-10,18H,7-8H2,1H3. The number of nitrogens with one attached hydrogen (secondary N) is 1. The number of benzene rings is 2. The van der Waals surface area contributed by atoms with E-state index in [1.54, 1.807) is 24.3 Å². The van der Waals surface area contributed by atoms with Crippen molar-refractivity contribution >= 4 is 37.6 Å². The predicted molar refractivity (Wildman–Crippen MR) is 89.2 cm³/mol. The number of aryl methyl sites for hydroxylation is 1. The van der Waals surface area contributed by atoms with Crippen LogP contribution in [-0.4, -0.2) is 15.0 Å². The Morgan fingerprint density at radius 2 is 1.95 bits per heavy atom. The summed E-state index contributed by atoms with van der Waals surface area (Å²) in [6.45, 7) is 2.19. The van der Waals surface area contributed by atoms with Crippen molar-refractivity contribution in [2.45, 2.75) is 18.2 Å². The molecule has 2 rings (SSSR count). The molecule has 0 atom stereocenters. The lowest BCUT2D eigenvalue weighted by Crippen LogP contribution is -2.26. The monoisotopic (exact) mass is 387 g/mol. The van der Waals surface area contributed by atoms with Crippen LogP contribution in [-0.2, 0) is 16.4 Å². The van der Waals surface area contributed by atoms with Gasteiger partial charge in [0.05, 0.1) is 4.90 Å². The zero-order chi connectivity index (χ0) is 15.5. The second-order valence-electron chi connectivity index (χ2n) is 4.69. The van der Waals surface area contributed by atoms with E-state index in [0.29, 0.717) is 18.0 Å². The highest BCUT2D eigenvalue weighted by Gasteiger charge is 2.14. The van der Waals surface area contributed by atoms with Crippen LogP contribution in [0.3, 0.4) is 0 Å². The van der Waals surface area contributed by atoms with Gasteiger partial charge in [0.1, 0.15) is 0 Å². The van der Waals surface area contributed by atoms with E-state index in [9.17, 15) is 8.42 Å². The molecule has 21 heavy (non-hydrogen) atoms. The third-order valence-corrected chi connectivity index (χ3v) is 5.62. The van der Waals surface area contributed by atoms with Gasteiger partial charge in [-0.1, -0.05) is 39.7 Å². The molecule has 6 heteroatoms. The molecule has 2 aromatic carbocycles. The molecule has 0 unspecified atom stereocenters. The van der Waals surface area contributed by atoms with Crippen LogP contribution in [0.5, 0.6) is 0 Å². The van der Waals surface area contributed by atoms with Gasteiger partial charge in [-0.2, -0.15) is 0 Å². The molecular weight excluding hydrogens is 374 g/mol. The second kappa shape index (κ2) is 6.92. The molecule has 0 fully saturated rings. The molecule has 0 spiro atoms. The average Bonchev–Trinajstić information content (AvgIpc) is 2.41. The molecule has 0 saturated heterocycles. The van der Waals surface area contributed by atoms with Crippen molar-refractivity contribution in [3.8, 4) is 0 Å². The van der Waals surface area contributed by atoms with Crippen LogP contribution in [0.15, 0.2) is 51.8 Å². The first-order valence-corrected chi connectivity index (χ1v) is 9.04. The molecule has 112 valence electrons. The van der Waals surface area contributed by atoms with Crippen LogP contribution >= 0.6 is 27.5 Å². The first-order chi connectivity index (χ1) is 9.88.